The molecule has 2 aromatic rings. The van der Waals surface area contributed by atoms with E-state index in [1.54, 1.807) is 12.4 Å². The summed E-state index contributed by atoms with van der Waals surface area (Å²) < 4.78 is 5.08. The number of benzene rings is 1. The fraction of sp³-hybridized carbons (Fsp3) is 0.294. The van der Waals surface area contributed by atoms with Gasteiger partial charge in [-0.1, -0.05) is 24.3 Å². The number of esters is 1. The van der Waals surface area contributed by atoms with Crippen LogP contribution in [0.2, 0.25) is 0 Å². The zero-order valence-electron chi connectivity index (χ0n) is 12.7. The van der Waals surface area contributed by atoms with E-state index in [1.165, 1.54) is 5.56 Å². The van der Waals surface area contributed by atoms with Crippen molar-refractivity contribution in [2.75, 3.05) is 6.61 Å². The third-order valence-electron chi connectivity index (χ3n) is 3.92. The molecule has 1 aromatic carbocycles. The Labute approximate surface area is 129 Å². The monoisotopic (exact) mass is 297 g/mol. The SMILES string of the molecule is CCOC(=O)/C=C1/c2ccccc2CN1C(C)c1cnc[nH]1. The van der Waals surface area contributed by atoms with Crippen LogP contribution < -0.4 is 0 Å². The summed E-state index contributed by atoms with van der Waals surface area (Å²) in [6, 6.07) is 8.23. The van der Waals surface area contributed by atoms with Crippen LogP contribution in [0.3, 0.4) is 0 Å². The number of H-pyrrole nitrogens is 1. The second-order valence-electron chi connectivity index (χ2n) is 5.25. The quantitative estimate of drug-likeness (QED) is 0.696. The number of nitrogens with one attached hydrogen (secondary N) is 1. The molecule has 0 aliphatic carbocycles. The Hall–Kier alpha value is -2.56. The minimum Gasteiger partial charge on any atom is -0.463 e. The van der Waals surface area contributed by atoms with Crippen molar-refractivity contribution in [3.63, 3.8) is 0 Å². The Morgan fingerprint density at radius 2 is 2.32 bits per heavy atom. The van der Waals surface area contributed by atoms with E-state index in [0.717, 1.165) is 23.5 Å². The lowest BCUT2D eigenvalue weighted by Crippen LogP contribution is -2.21. The maximum atomic E-state index is 11.9. The van der Waals surface area contributed by atoms with Gasteiger partial charge in [0.2, 0.25) is 0 Å². The highest BCUT2D eigenvalue weighted by atomic mass is 16.5. The normalized spacial score (nSPS) is 16.6. The van der Waals surface area contributed by atoms with Gasteiger partial charge >= 0.3 is 5.97 Å². The van der Waals surface area contributed by atoms with Crippen LogP contribution in [-0.4, -0.2) is 27.4 Å². The molecule has 0 saturated heterocycles. The summed E-state index contributed by atoms with van der Waals surface area (Å²) in [6.45, 7) is 5.05. The second-order valence-corrected chi connectivity index (χ2v) is 5.25. The number of rotatable bonds is 4. The molecule has 0 radical (unpaired) electrons. The van der Waals surface area contributed by atoms with Gasteiger partial charge in [0.15, 0.2) is 0 Å². The zero-order chi connectivity index (χ0) is 15.5. The molecule has 1 atom stereocenters. The van der Waals surface area contributed by atoms with Gasteiger partial charge in [-0.3, -0.25) is 0 Å². The van der Waals surface area contributed by atoms with Gasteiger partial charge in [-0.05, 0) is 19.4 Å². The number of aromatic nitrogens is 2. The van der Waals surface area contributed by atoms with Crippen molar-refractivity contribution >= 4 is 11.7 Å². The Balaban J connectivity index is 1.97. The van der Waals surface area contributed by atoms with Crippen molar-refractivity contribution in [2.24, 2.45) is 0 Å². The Kier molecular flexibility index (Phi) is 3.96. The van der Waals surface area contributed by atoms with Gasteiger partial charge in [-0.2, -0.15) is 0 Å². The number of hydrogen-bond donors (Lipinski definition) is 1. The van der Waals surface area contributed by atoms with E-state index in [-0.39, 0.29) is 12.0 Å². The van der Waals surface area contributed by atoms with Gasteiger partial charge in [-0.25, -0.2) is 9.78 Å². The number of imidazole rings is 1. The molecule has 1 aliphatic rings. The third-order valence-corrected chi connectivity index (χ3v) is 3.92. The standard InChI is InChI=1S/C17H19N3O2/c1-3-22-17(21)8-16-14-7-5-4-6-13(14)10-20(16)12(2)15-9-18-11-19-15/h4-9,11-12H,3,10H2,1-2H3,(H,18,19)/b16-8-. The summed E-state index contributed by atoms with van der Waals surface area (Å²) in [5.74, 6) is -0.309. The van der Waals surface area contributed by atoms with E-state index in [9.17, 15) is 4.79 Å². The zero-order valence-corrected chi connectivity index (χ0v) is 12.7. The van der Waals surface area contributed by atoms with Crippen LogP contribution in [0.5, 0.6) is 0 Å². The molecule has 0 fully saturated rings. The smallest absolute Gasteiger partial charge is 0.332 e. The van der Waals surface area contributed by atoms with Gasteiger partial charge < -0.3 is 14.6 Å². The van der Waals surface area contributed by atoms with Crippen molar-refractivity contribution in [2.45, 2.75) is 26.4 Å². The van der Waals surface area contributed by atoms with Gasteiger partial charge in [-0.15, -0.1) is 0 Å². The lowest BCUT2D eigenvalue weighted by Gasteiger charge is -2.27. The topological polar surface area (TPSA) is 58.2 Å². The number of ether oxygens (including phenoxy) is 1. The molecule has 5 heteroatoms. The van der Waals surface area contributed by atoms with Crippen molar-refractivity contribution in [1.82, 2.24) is 14.9 Å². The van der Waals surface area contributed by atoms with Crippen molar-refractivity contribution in [3.05, 3.63) is 59.7 Å². The van der Waals surface area contributed by atoms with Crippen LogP contribution in [-0.2, 0) is 16.1 Å². The first-order valence-corrected chi connectivity index (χ1v) is 7.42. The molecule has 0 amide bonds. The second kappa shape index (κ2) is 6.05. The summed E-state index contributed by atoms with van der Waals surface area (Å²) >= 11 is 0. The van der Waals surface area contributed by atoms with Crippen molar-refractivity contribution < 1.29 is 9.53 Å². The Morgan fingerprint density at radius 1 is 1.50 bits per heavy atom. The predicted molar refractivity (Wildman–Crippen MR) is 83.6 cm³/mol. The summed E-state index contributed by atoms with van der Waals surface area (Å²) in [4.78, 5) is 21.3. The molecular weight excluding hydrogens is 278 g/mol. The molecule has 5 nitrogen and oxygen atoms in total. The molecule has 1 aromatic heterocycles. The molecular formula is C17H19N3O2. The van der Waals surface area contributed by atoms with Crippen molar-refractivity contribution in [3.8, 4) is 0 Å². The average molecular weight is 297 g/mol. The summed E-state index contributed by atoms with van der Waals surface area (Å²) in [5, 5.41) is 0. The maximum Gasteiger partial charge on any atom is 0.332 e. The first-order valence-electron chi connectivity index (χ1n) is 7.42. The molecule has 1 N–H and O–H groups in total. The predicted octanol–water partition coefficient (Wildman–Crippen LogP) is 2.89. The minimum atomic E-state index is -0.309. The highest BCUT2D eigenvalue weighted by molar-refractivity contribution is 5.92. The molecule has 3 rings (SSSR count). The van der Waals surface area contributed by atoms with E-state index < -0.39 is 0 Å². The van der Waals surface area contributed by atoms with Gasteiger partial charge in [0.05, 0.1) is 36.6 Å². The molecule has 2 heterocycles. The molecule has 0 spiro atoms. The highest BCUT2D eigenvalue weighted by Crippen LogP contribution is 2.38. The molecule has 1 unspecified atom stereocenters. The number of hydrogen-bond acceptors (Lipinski definition) is 4. The molecule has 114 valence electrons. The largest absolute Gasteiger partial charge is 0.463 e. The number of nitrogens with zero attached hydrogens (tertiary/aromatic N) is 2. The van der Waals surface area contributed by atoms with Crippen LogP contribution in [0.4, 0.5) is 0 Å². The summed E-state index contributed by atoms with van der Waals surface area (Å²) in [6.07, 6.45) is 5.07. The average Bonchev–Trinajstić information content (AvgIpc) is 3.15. The van der Waals surface area contributed by atoms with E-state index in [2.05, 4.69) is 27.9 Å². The third kappa shape index (κ3) is 2.62. The van der Waals surface area contributed by atoms with E-state index >= 15 is 0 Å². The number of carbonyl (C=O) groups excluding carboxylic acids is 1. The van der Waals surface area contributed by atoms with E-state index in [1.807, 2.05) is 31.3 Å². The van der Waals surface area contributed by atoms with E-state index in [0.29, 0.717) is 6.61 Å². The number of aromatic amines is 1. The summed E-state index contributed by atoms with van der Waals surface area (Å²) in [7, 11) is 0. The minimum absolute atomic E-state index is 0.0931. The first-order chi connectivity index (χ1) is 10.7. The van der Waals surface area contributed by atoms with Crippen LogP contribution in [0.25, 0.3) is 5.70 Å². The van der Waals surface area contributed by atoms with Gasteiger partial charge in [0, 0.05) is 18.2 Å². The molecule has 22 heavy (non-hydrogen) atoms. The van der Waals surface area contributed by atoms with Crippen LogP contribution in [0.15, 0.2) is 42.9 Å². The highest BCUT2D eigenvalue weighted by Gasteiger charge is 2.29. The number of carbonyl (C=O) groups is 1. The molecule has 1 aliphatic heterocycles. The molecule has 0 bridgehead atoms. The molecule has 0 saturated carbocycles. The fourth-order valence-corrected chi connectivity index (χ4v) is 2.80. The van der Waals surface area contributed by atoms with Gasteiger partial charge in [0.25, 0.3) is 0 Å². The van der Waals surface area contributed by atoms with E-state index in [4.69, 9.17) is 4.74 Å². The first kappa shape index (κ1) is 14.4. The van der Waals surface area contributed by atoms with Crippen LogP contribution >= 0.6 is 0 Å². The van der Waals surface area contributed by atoms with Crippen LogP contribution in [0, 0.1) is 0 Å². The van der Waals surface area contributed by atoms with Crippen molar-refractivity contribution in [1.29, 1.82) is 0 Å². The fourth-order valence-electron chi connectivity index (χ4n) is 2.80. The lowest BCUT2D eigenvalue weighted by atomic mass is 10.1. The Bertz CT molecular complexity index is 692. The lowest BCUT2D eigenvalue weighted by molar-refractivity contribution is -0.137. The summed E-state index contributed by atoms with van der Waals surface area (Å²) in [5.41, 5.74) is 4.21. The number of fused-ring (bicyclic) bond motifs is 1. The Morgan fingerprint density at radius 3 is 3.05 bits per heavy atom. The van der Waals surface area contributed by atoms with Gasteiger partial charge in [0.1, 0.15) is 0 Å². The van der Waals surface area contributed by atoms with Crippen LogP contribution in [0.1, 0.15) is 36.7 Å². The maximum absolute atomic E-state index is 11.9.